The van der Waals surface area contributed by atoms with E-state index in [1.54, 1.807) is 133 Å². The number of rotatable bonds is 14. The number of anilines is 2. The van der Waals surface area contributed by atoms with E-state index in [4.69, 9.17) is 18.9 Å². The molecule has 4 aliphatic heterocycles. The standard InChI is InChI=1S/C45H34N2O6.C36H24N2O6/c1-27-5-15-33(16-6-27)52-34-17-9-30(10-18-34)45(2,3)31-11-19-35(20-12-31)53-36-21-13-32(14-22-36)47-43(50)38-24-8-29(26-40(38)44(47)51)28-7-23-37-39(25-28)42(49)46(4)41(37)48;1-21-6-3-8-25(16-21)43-27-10-5-11-28(20-27)44-26-9-4-7-24(19-26)38-35(41)30-15-13-23(18-32(30)36(38)42)22-12-14-29-31(17-22)34(40)37(2)33(29)39/h5-26H,1-4H3;3-20H,1-2H3. The molecule has 0 saturated carbocycles. The van der Waals surface area contributed by atoms with Gasteiger partial charge in [-0.1, -0.05) is 104 Å². The minimum atomic E-state index is -0.468. The number of benzene rings is 11. The van der Waals surface area contributed by atoms with Gasteiger partial charge in [0.2, 0.25) is 0 Å². The van der Waals surface area contributed by atoms with Gasteiger partial charge in [-0.25, -0.2) is 9.80 Å². The number of hydrogen-bond acceptors (Lipinski definition) is 12. The maximum absolute atomic E-state index is 13.6. The predicted octanol–water partition coefficient (Wildman–Crippen LogP) is 16.9. The molecule has 0 spiro atoms. The van der Waals surface area contributed by atoms with Gasteiger partial charge in [0.05, 0.1) is 55.9 Å². The molecule has 11 aromatic carbocycles. The van der Waals surface area contributed by atoms with Gasteiger partial charge in [-0.15, -0.1) is 0 Å². The molecule has 16 heteroatoms. The molecular weight excluding hydrogens is 1220 g/mol. The van der Waals surface area contributed by atoms with Crippen LogP contribution in [0.1, 0.15) is 119 Å². The van der Waals surface area contributed by atoms with Gasteiger partial charge in [0.1, 0.15) is 46.0 Å². The van der Waals surface area contributed by atoms with Crippen LogP contribution in [-0.4, -0.2) is 71.2 Å². The zero-order valence-electron chi connectivity index (χ0n) is 53.3. The summed E-state index contributed by atoms with van der Waals surface area (Å²) in [6.07, 6.45) is 0. The monoisotopic (exact) mass is 1280 g/mol. The predicted molar refractivity (Wildman–Crippen MR) is 366 cm³/mol. The first-order valence-electron chi connectivity index (χ1n) is 31.1. The normalized spacial score (nSPS) is 13.8. The lowest BCUT2D eigenvalue weighted by Gasteiger charge is -2.26. The highest BCUT2D eigenvalue weighted by Gasteiger charge is 2.40. The zero-order chi connectivity index (χ0) is 67.6. The minimum absolute atomic E-state index is 0.250. The summed E-state index contributed by atoms with van der Waals surface area (Å²) in [5.74, 6) is 1.83. The molecule has 15 rings (SSSR count). The number of hydrogen-bond donors (Lipinski definition) is 0. The van der Waals surface area contributed by atoms with E-state index in [0.717, 1.165) is 47.8 Å². The third kappa shape index (κ3) is 11.6. The van der Waals surface area contributed by atoms with Crippen LogP contribution in [0.4, 0.5) is 11.4 Å². The van der Waals surface area contributed by atoms with E-state index in [1.165, 1.54) is 19.7 Å². The first-order chi connectivity index (χ1) is 46.7. The van der Waals surface area contributed by atoms with Gasteiger partial charge in [0.15, 0.2) is 0 Å². The molecule has 16 nitrogen and oxygen atoms in total. The Morgan fingerprint density at radius 1 is 0.258 bits per heavy atom. The van der Waals surface area contributed by atoms with Gasteiger partial charge in [-0.2, -0.15) is 0 Å². The van der Waals surface area contributed by atoms with E-state index < -0.39 is 23.6 Å². The molecular formula is C81H58N4O12. The highest BCUT2D eigenvalue weighted by molar-refractivity contribution is 6.36. The molecule has 0 aromatic heterocycles. The minimum Gasteiger partial charge on any atom is -0.457 e. The van der Waals surface area contributed by atoms with E-state index in [9.17, 15) is 38.4 Å². The summed E-state index contributed by atoms with van der Waals surface area (Å²) in [4.78, 5) is 108. The van der Waals surface area contributed by atoms with Crippen LogP contribution in [0.2, 0.25) is 0 Å². The van der Waals surface area contributed by atoms with Gasteiger partial charge < -0.3 is 18.9 Å². The molecule has 4 heterocycles. The number of aryl methyl sites for hydroxylation is 2. The summed E-state index contributed by atoms with van der Waals surface area (Å²) < 4.78 is 24.2. The van der Waals surface area contributed by atoms with Crippen LogP contribution in [0.15, 0.2) is 243 Å². The number of carbonyl (C=O) groups is 8. The Morgan fingerprint density at radius 3 is 0.990 bits per heavy atom. The number of ether oxygens (including phenoxy) is 4. The SMILES string of the molecule is Cc1ccc(Oc2ccc(C(C)(C)c3ccc(Oc4ccc(N5C(=O)c6ccc(-c7ccc8c(c7)C(=O)N(C)C8=O)cc6C5=O)cc4)cc3)cc2)cc1.Cc1cccc(Oc2cccc(Oc3cccc(N4C(=O)c5ccc(-c6ccc7c(c6)C(=O)N(C)C7=O)cc5C4=O)c3)c2)c1. The molecule has 0 atom stereocenters. The molecule has 0 unspecified atom stereocenters. The van der Waals surface area contributed by atoms with Gasteiger partial charge in [-0.05, 0) is 198 Å². The van der Waals surface area contributed by atoms with Crippen LogP contribution in [0, 0.1) is 13.8 Å². The third-order valence-electron chi connectivity index (χ3n) is 17.7. The molecule has 0 aliphatic carbocycles. The average molecular weight is 1280 g/mol. The largest absolute Gasteiger partial charge is 0.457 e. The Labute approximate surface area is 557 Å². The molecule has 97 heavy (non-hydrogen) atoms. The molecule has 0 fully saturated rings. The smallest absolute Gasteiger partial charge is 0.266 e. The summed E-state index contributed by atoms with van der Waals surface area (Å²) in [7, 11) is 2.89. The van der Waals surface area contributed by atoms with Crippen LogP contribution in [0.5, 0.6) is 46.0 Å². The van der Waals surface area contributed by atoms with E-state index >= 15 is 0 Å². The average Bonchev–Trinajstić information content (AvgIpc) is 1.73. The fourth-order valence-corrected chi connectivity index (χ4v) is 12.2. The molecule has 8 amide bonds. The van der Waals surface area contributed by atoms with Crippen LogP contribution in [0.3, 0.4) is 0 Å². The first kappa shape index (κ1) is 61.7. The summed E-state index contributed by atoms with van der Waals surface area (Å²) in [5, 5.41) is 0. The van der Waals surface area contributed by atoms with Gasteiger partial charge in [-0.3, -0.25) is 48.2 Å². The van der Waals surface area contributed by atoms with Crippen molar-refractivity contribution in [2.45, 2.75) is 33.1 Å². The van der Waals surface area contributed by atoms with Crippen molar-refractivity contribution in [3.05, 3.63) is 309 Å². The lowest BCUT2D eigenvalue weighted by molar-refractivity contribution is 0.0678. The lowest BCUT2D eigenvalue weighted by Crippen LogP contribution is -2.29. The van der Waals surface area contributed by atoms with Crippen LogP contribution >= 0.6 is 0 Å². The Balaban J connectivity index is 0.000000169. The van der Waals surface area contributed by atoms with E-state index in [2.05, 4.69) is 26.0 Å². The molecule has 474 valence electrons. The van der Waals surface area contributed by atoms with E-state index in [-0.39, 0.29) is 45.7 Å². The summed E-state index contributed by atoms with van der Waals surface area (Å²) in [6.45, 7) is 8.39. The molecule has 0 N–H and O–H groups in total. The van der Waals surface area contributed by atoms with Gasteiger partial charge in [0.25, 0.3) is 47.3 Å². The maximum Gasteiger partial charge on any atom is 0.266 e. The van der Waals surface area contributed by atoms with Gasteiger partial charge in [0, 0.05) is 31.6 Å². The summed E-state index contributed by atoms with van der Waals surface area (Å²) >= 11 is 0. The van der Waals surface area contributed by atoms with Gasteiger partial charge >= 0.3 is 0 Å². The molecule has 0 saturated heterocycles. The number of amides is 8. The number of fused-ring (bicyclic) bond motifs is 4. The summed E-state index contributed by atoms with van der Waals surface area (Å²) in [6, 6.07) is 72.5. The van der Waals surface area contributed by atoms with Crippen LogP contribution in [0.25, 0.3) is 22.3 Å². The topological polar surface area (TPSA) is 186 Å². The Morgan fingerprint density at radius 2 is 0.567 bits per heavy atom. The van der Waals surface area contributed by atoms with Crippen molar-refractivity contribution in [2.24, 2.45) is 0 Å². The lowest BCUT2D eigenvalue weighted by atomic mass is 9.78. The summed E-state index contributed by atoms with van der Waals surface area (Å²) in [5.41, 5.74) is 10.1. The van der Waals surface area contributed by atoms with Crippen molar-refractivity contribution in [3.63, 3.8) is 0 Å². The molecule has 4 aliphatic rings. The highest BCUT2D eigenvalue weighted by atomic mass is 16.5. The van der Waals surface area contributed by atoms with Crippen molar-refractivity contribution < 1.29 is 57.3 Å². The number of carbonyl (C=O) groups excluding carboxylic acids is 8. The van der Waals surface area contributed by atoms with E-state index in [0.29, 0.717) is 95.9 Å². The van der Waals surface area contributed by atoms with Crippen molar-refractivity contribution in [1.29, 1.82) is 0 Å². The Hall–Kier alpha value is -12.8. The van der Waals surface area contributed by atoms with Crippen molar-refractivity contribution in [1.82, 2.24) is 9.80 Å². The number of imide groups is 4. The second-order valence-electron chi connectivity index (χ2n) is 24.4. The van der Waals surface area contributed by atoms with Crippen molar-refractivity contribution >= 4 is 58.6 Å². The Bertz CT molecular complexity index is 5140. The molecule has 0 bridgehead atoms. The number of nitrogens with zero attached hydrogens (tertiary/aromatic N) is 4. The maximum atomic E-state index is 13.6. The zero-order valence-corrected chi connectivity index (χ0v) is 53.3. The first-order valence-corrected chi connectivity index (χ1v) is 31.1. The molecule has 11 aromatic rings. The Kier molecular flexibility index (Phi) is 15.6. The van der Waals surface area contributed by atoms with E-state index in [1.807, 2.05) is 111 Å². The second-order valence-corrected chi connectivity index (χ2v) is 24.4. The third-order valence-corrected chi connectivity index (χ3v) is 17.7. The van der Waals surface area contributed by atoms with Crippen LogP contribution < -0.4 is 28.7 Å². The van der Waals surface area contributed by atoms with Crippen molar-refractivity contribution in [3.8, 4) is 68.2 Å². The van der Waals surface area contributed by atoms with Crippen molar-refractivity contribution in [2.75, 3.05) is 23.9 Å². The fraction of sp³-hybridized carbons (Fsp3) is 0.0864. The fourth-order valence-electron chi connectivity index (χ4n) is 12.2. The van der Waals surface area contributed by atoms with Crippen LogP contribution in [-0.2, 0) is 5.41 Å². The molecule has 0 radical (unpaired) electrons. The quantitative estimate of drug-likeness (QED) is 0.0939. The second kappa shape index (κ2) is 24.6. The highest BCUT2D eigenvalue weighted by Crippen LogP contribution is 2.40.